The largest absolute Gasteiger partial charge is 0.504 e. The van der Waals surface area contributed by atoms with E-state index in [4.69, 9.17) is 22.3 Å². The van der Waals surface area contributed by atoms with Crippen molar-refractivity contribution in [1.29, 1.82) is 0 Å². The van der Waals surface area contributed by atoms with E-state index in [0.717, 1.165) is 41.6 Å². The number of benzene rings is 2. The molecule has 0 spiro atoms. The van der Waals surface area contributed by atoms with Crippen LogP contribution >= 0.6 is 34.5 Å². The number of phenols is 2. The third kappa shape index (κ3) is 4.84. The minimum Gasteiger partial charge on any atom is -0.504 e. The number of aromatic hydroxyl groups is 2. The molecule has 0 aliphatic heterocycles. The maximum absolute atomic E-state index is 12.2. The van der Waals surface area contributed by atoms with Crippen LogP contribution in [-0.4, -0.2) is 39.6 Å². The van der Waals surface area contributed by atoms with Gasteiger partial charge in [-0.15, -0.1) is 11.6 Å². The Balaban J connectivity index is 1.95. The molecule has 0 fully saturated rings. The van der Waals surface area contributed by atoms with Crippen LogP contribution < -0.4 is 5.73 Å². The summed E-state index contributed by atoms with van der Waals surface area (Å²) in [6.45, 7) is 4.36. The number of alkyl halides is 1. The highest BCUT2D eigenvalue weighted by molar-refractivity contribution is 14.1. The van der Waals surface area contributed by atoms with E-state index in [-0.39, 0.29) is 29.3 Å². The lowest BCUT2D eigenvalue weighted by atomic mass is 10.0. The van der Waals surface area contributed by atoms with E-state index in [1.807, 2.05) is 52.6 Å². The van der Waals surface area contributed by atoms with Gasteiger partial charge in [-0.05, 0) is 37.1 Å². The number of pyridine rings is 1. The Morgan fingerprint density at radius 2 is 2.03 bits per heavy atom. The number of fused-ring (bicyclic) bond motifs is 3. The lowest BCUT2D eigenvalue weighted by Gasteiger charge is -2.22. The van der Waals surface area contributed by atoms with Gasteiger partial charge in [-0.3, -0.25) is 7.91 Å². The summed E-state index contributed by atoms with van der Waals surface area (Å²) in [4.78, 5) is 21.6. The SMILES string of the molecule is CCCCc1nc2c(N)nc3ccc(C(C)N(I)C(=O)CCl)cc3c2n1Cc1cccc(O)c1O. The molecule has 2 heterocycles. The summed E-state index contributed by atoms with van der Waals surface area (Å²) in [5, 5.41) is 21.4. The number of halogens is 2. The highest BCUT2D eigenvalue weighted by atomic mass is 127. The number of aromatic nitrogens is 3. The second-order valence-electron chi connectivity index (χ2n) is 8.49. The summed E-state index contributed by atoms with van der Waals surface area (Å²) in [5.41, 5.74) is 9.93. The van der Waals surface area contributed by atoms with Crippen molar-refractivity contribution in [3.05, 3.63) is 53.3 Å². The quantitative estimate of drug-likeness (QED) is 0.106. The number of hydrogen-bond acceptors (Lipinski definition) is 6. The fraction of sp³-hybridized carbons (Fsp3) is 0.320. The zero-order valence-corrected chi connectivity index (χ0v) is 22.4. The number of nitrogens with two attached hydrogens (primary N) is 1. The van der Waals surface area contributed by atoms with Crippen molar-refractivity contribution in [2.75, 3.05) is 11.6 Å². The molecule has 35 heavy (non-hydrogen) atoms. The lowest BCUT2D eigenvalue weighted by molar-refractivity contribution is -0.123. The molecule has 0 radical (unpaired) electrons. The monoisotopic (exact) mass is 607 g/mol. The third-order valence-electron chi connectivity index (χ3n) is 6.16. The minimum atomic E-state index is -0.218. The smallest absolute Gasteiger partial charge is 0.246 e. The second-order valence-corrected chi connectivity index (χ2v) is 9.79. The molecular weight excluding hydrogens is 581 g/mol. The van der Waals surface area contributed by atoms with Crippen LogP contribution in [-0.2, 0) is 17.8 Å². The summed E-state index contributed by atoms with van der Waals surface area (Å²) < 4.78 is 3.63. The molecule has 2 aromatic carbocycles. The van der Waals surface area contributed by atoms with Crippen LogP contribution in [0.15, 0.2) is 36.4 Å². The zero-order chi connectivity index (χ0) is 25.3. The van der Waals surface area contributed by atoms with Crippen molar-refractivity contribution in [2.24, 2.45) is 0 Å². The van der Waals surface area contributed by atoms with Crippen molar-refractivity contribution in [1.82, 2.24) is 17.6 Å². The van der Waals surface area contributed by atoms with E-state index in [9.17, 15) is 15.0 Å². The van der Waals surface area contributed by atoms with Gasteiger partial charge in [0.2, 0.25) is 5.91 Å². The molecule has 0 saturated heterocycles. The number of nitrogens with zero attached hydrogens (tertiary/aromatic N) is 4. The number of amides is 1. The molecule has 2 aromatic heterocycles. The van der Waals surface area contributed by atoms with Crippen LogP contribution in [0.5, 0.6) is 11.5 Å². The number of unbranched alkanes of at least 4 members (excludes halogenated alkanes) is 1. The van der Waals surface area contributed by atoms with Gasteiger partial charge in [-0.25, -0.2) is 9.97 Å². The van der Waals surface area contributed by atoms with Gasteiger partial charge >= 0.3 is 0 Å². The van der Waals surface area contributed by atoms with Crippen LogP contribution in [0.25, 0.3) is 21.9 Å². The Labute approximate surface area is 222 Å². The van der Waals surface area contributed by atoms with Crippen LogP contribution in [0.1, 0.15) is 49.7 Å². The van der Waals surface area contributed by atoms with Gasteiger partial charge < -0.3 is 20.5 Å². The van der Waals surface area contributed by atoms with Crippen LogP contribution in [0.4, 0.5) is 5.82 Å². The fourth-order valence-electron chi connectivity index (χ4n) is 4.21. The van der Waals surface area contributed by atoms with Gasteiger partial charge in [0, 0.05) is 17.4 Å². The van der Waals surface area contributed by atoms with Gasteiger partial charge in [0.1, 0.15) is 17.2 Å². The molecular formula is C25H27ClIN5O3. The number of imidazole rings is 1. The first kappa shape index (κ1) is 25.3. The molecule has 1 atom stereocenters. The summed E-state index contributed by atoms with van der Waals surface area (Å²) in [6, 6.07) is 10.5. The average molecular weight is 608 g/mol. The van der Waals surface area contributed by atoms with Crippen LogP contribution in [0, 0.1) is 0 Å². The maximum Gasteiger partial charge on any atom is 0.246 e. The first-order chi connectivity index (χ1) is 16.8. The molecule has 184 valence electrons. The van der Waals surface area contributed by atoms with Gasteiger partial charge in [0.15, 0.2) is 17.3 Å². The Bertz CT molecular complexity index is 1410. The Morgan fingerprint density at radius 3 is 2.74 bits per heavy atom. The molecule has 1 amide bonds. The van der Waals surface area contributed by atoms with Crippen LogP contribution in [0.2, 0.25) is 0 Å². The Kier molecular flexibility index (Phi) is 7.56. The lowest BCUT2D eigenvalue weighted by Crippen LogP contribution is -2.25. The topological polar surface area (TPSA) is 118 Å². The van der Waals surface area contributed by atoms with Gasteiger partial charge in [-0.1, -0.05) is 31.5 Å². The fourth-order valence-corrected chi connectivity index (χ4v) is 5.03. The maximum atomic E-state index is 12.2. The number of anilines is 1. The first-order valence-corrected chi connectivity index (χ1v) is 12.9. The van der Waals surface area contributed by atoms with Crippen LogP contribution in [0.3, 0.4) is 0 Å². The van der Waals surface area contributed by atoms with Crippen molar-refractivity contribution in [2.45, 2.75) is 45.7 Å². The predicted octanol–water partition coefficient (Wildman–Crippen LogP) is 5.45. The summed E-state index contributed by atoms with van der Waals surface area (Å²) in [6.07, 6.45) is 2.66. The molecule has 4 aromatic rings. The number of carbonyl (C=O) groups is 1. The molecule has 10 heteroatoms. The number of carbonyl (C=O) groups excluding carboxylic acids is 1. The molecule has 0 saturated carbocycles. The number of aryl methyl sites for hydroxylation is 1. The van der Waals surface area contributed by atoms with Crippen molar-refractivity contribution in [3.8, 4) is 11.5 Å². The molecule has 0 aliphatic carbocycles. The number of nitrogen functional groups attached to an aromatic ring is 1. The number of para-hydroxylation sites is 1. The average Bonchev–Trinajstić information content (AvgIpc) is 3.22. The van der Waals surface area contributed by atoms with Gasteiger partial charge in [-0.2, -0.15) is 0 Å². The van der Waals surface area contributed by atoms with E-state index in [2.05, 4.69) is 11.9 Å². The Morgan fingerprint density at radius 1 is 1.26 bits per heavy atom. The van der Waals surface area contributed by atoms with E-state index in [1.54, 1.807) is 15.2 Å². The molecule has 4 rings (SSSR count). The van der Waals surface area contributed by atoms with Crippen molar-refractivity contribution in [3.63, 3.8) is 0 Å². The van der Waals surface area contributed by atoms with E-state index in [1.165, 1.54) is 6.07 Å². The molecule has 8 nitrogen and oxygen atoms in total. The van der Waals surface area contributed by atoms with E-state index < -0.39 is 0 Å². The highest BCUT2D eigenvalue weighted by Gasteiger charge is 2.22. The highest BCUT2D eigenvalue weighted by Crippen LogP contribution is 2.35. The molecule has 1 unspecified atom stereocenters. The Hall–Kier alpha value is -2.79. The normalized spacial score (nSPS) is 12.3. The predicted molar refractivity (Wildman–Crippen MR) is 147 cm³/mol. The van der Waals surface area contributed by atoms with E-state index in [0.29, 0.717) is 29.0 Å². The second kappa shape index (κ2) is 10.4. The summed E-state index contributed by atoms with van der Waals surface area (Å²) >= 11 is 7.75. The minimum absolute atomic E-state index is 0.0931. The number of hydrogen-bond donors (Lipinski definition) is 3. The van der Waals surface area contributed by atoms with Crippen molar-refractivity contribution < 1.29 is 15.0 Å². The molecule has 4 N–H and O–H groups in total. The number of phenolic OH excluding ortho intramolecular Hbond substituents is 2. The van der Waals surface area contributed by atoms with Crippen molar-refractivity contribution >= 4 is 68.1 Å². The van der Waals surface area contributed by atoms with Gasteiger partial charge in [0.25, 0.3) is 0 Å². The first-order valence-electron chi connectivity index (χ1n) is 11.4. The zero-order valence-electron chi connectivity index (χ0n) is 19.5. The standard InChI is InChI=1S/C25H27ClIN5O3/c1-3-4-8-20-30-22-23(31(20)13-16-6-5-7-19(33)24(16)35)17-11-15(9-10-18(17)29-25(22)28)14(2)32(27)21(34)12-26/h5-7,9-11,14,33,35H,3-4,8,12-13H2,1-2H3,(H2,28,29). The van der Waals surface area contributed by atoms with Gasteiger partial charge in [0.05, 0.1) is 46.5 Å². The third-order valence-corrected chi connectivity index (χ3v) is 7.76. The summed E-state index contributed by atoms with van der Waals surface area (Å²) in [5.74, 6) is 0.567. The van der Waals surface area contributed by atoms with E-state index >= 15 is 0 Å². The molecule has 0 aliphatic rings. The summed E-state index contributed by atoms with van der Waals surface area (Å²) in [7, 11) is 0. The molecule has 0 bridgehead atoms. The number of rotatable bonds is 8.